The first kappa shape index (κ1) is 13.7. The van der Waals surface area contributed by atoms with Crippen molar-refractivity contribution in [2.45, 2.75) is 25.3 Å². The van der Waals surface area contributed by atoms with Gasteiger partial charge in [0.15, 0.2) is 0 Å². The highest BCUT2D eigenvalue weighted by Gasteiger charge is 2.33. The normalized spacial score (nSPS) is 19.2. The minimum Gasteiger partial charge on any atom is -0.508 e. The number of benzene rings is 1. The van der Waals surface area contributed by atoms with Gasteiger partial charge in [-0.3, -0.25) is 4.79 Å². The van der Waals surface area contributed by atoms with Crippen LogP contribution in [0.25, 0.3) is 0 Å². The third kappa shape index (κ3) is 2.81. The minimum absolute atomic E-state index is 0.0726. The van der Waals surface area contributed by atoms with E-state index in [4.69, 9.17) is 16.7 Å². The Morgan fingerprint density at radius 2 is 2.05 bits per heavy atom. The number of phenols is 1. The first-order valence-electron chi connectivity index (χ1n) is 6.03. The second-order valence-corrected chi connectivity index (χ2v) is 4.92. The zero-order chi connectivity index (χ0) is 14.0. The van der Waals surface area contributed by atoms with Gasteiger partial charge in [-0.15, -0.1) is 0 Å². The number of phenolic OH excluding ortho intramolecular Hbond substituents is 1. The van der Waals surface area contributed by atoms with E-state index in [1.807, 2.05) is 0 Å². The maximum atomic E-state index is 12.4. The third-order valence-electron chi connectivity index (χ3n) is 3.23. The van der Waals surface area contributed by atoms with Crippen LogP contribution in [0.15, 0.2) is 18.2 Å². The molecule has 1 aliphatic heterocycles. The fourth-order valence-electron chi connectivity index (χ4n) is 2.26. The van der Waals surface area contributed by atoms with Crippen LogP contribution in [-0.2, 0) is 4.79 Å². The first-order chi connectivity index (χ1) is 9.00. The fraction of sp³-hybridized carbons (Fsp3) is 0.385. The average Bonchev–Trinajstić information content (AvgIpc) is 2.40. The Kier molecular flexibility index (Phi) is 3.95. The van der Waals surface area contributed by atoms with Crippen LogP contribution in [0, 0.1) is 0 Å². The maximum absolute atomic E-state index is 12.4. The van der Waals surface area contributed by atoms with Crippen molar-refractivity contribution in [3.8, 4) is 5.75 Å². The molecule has 1 aromatic carbocycles. The van der Waals surface area contributed by atoms with E-state index in [1.54, 1.807) is 0 Å². The standard InChI is InChI=1S/C13H14ClNO4/c14-10-5-4-8(16)7-9(10)12(17)15-6-2-1-3-11(15)13(18)19/h4-5,7,11,16H,1-3,6H2,(H,18,19)/t11-/m0/s1. The van der Waals surface area contributed by atoms with Crippen LogP contribution in [0.3, 0.4) is 0 Å². The Balaban J connectivity index is 2.31. The van der Waals surface area contributed by atoms with Crippen LogP contribution < -0.4 is 0 Å². The van der Waals surface area contributed by atoms with Gasteiger partial charge in [0, 0.05) is 6.54 Å². The van der Waals surface area contributed by atoms with E-state index < -0.39 is 17.9 Å². The zero-order valence-electron chi connectivity index (χ0n) is 10.2. The van der Waals surface area contributed by atoms with Gasteiger partial charge in [-0.25, -0.2) is 4.79 Å². The van der Waals surface area contributed by atoms with Crippen molar-refractivity contribution in [1.29, 1.82) is 0 Å². The molecule has 1 amide bonds. The topological polar surface area (TPSA) is 77.8 Å². The van der Waals surface area contributed by atoms with Gasteiger partial charge in [0.25, 0.3) is 5.91 Å². The van der Waals surface area contributed by atoms with Crippen molar-refractivity contribution in [2.75, 3.05) is 6.54 Å². The number of carboxylic acid groups (broad SMARTS) is 1. The molecule has 1 atom stereocenters. The molecule has 1 fully saturated rings. The third-order valence-corrected chi connectivity index (χ3v) is 3.56. The van der Waals surface area contributed by atoms with Crippen molar-refractivity contribution in [3.05, 3.63) is 28.8 Å². The molecule has 1 aliphatic rings. The van der Waals surface area contributed by atoms with Gasteiger partial charge in [0.05, 0.1) is 10.6 Å². The summed E-state index contributed by atoms with van der Waals surface area (Å²) in [7, 11) is 0. The number of carbonyl (C=O) groups is 2. The molecule has 2 N–H and O–H groups in total. The summed E-state index contributed by atoms with van der Waals surface area (Å²) >= 11 is 5.93. The van der Waals surface area contributed by atoms with Crippen molar-refractivity contribution < 1.29 is 19.8 Å². The summed E-state index contributed by atoms with van der Waals surface area (Å²) in [5, 5.41) is 18.8. The summed E-state index contributed by atoms with van der Waals surface area (Å²) in [5.74, 6) is -1.53. The molecule has 102 valence electrons. The van der Waals surface area contributed by atoms with Gasteiger partial charge in [-0.2, -0.15) is 0 Å². The number of rotatable bonds is 2. The number of aromatic hydroxyl groups is 1. The number of likely N-dealkylation sites (tertiary alicyclic amines) is 1. The molecule has 2 rings (SSSR count). The predicted molar refractivity (Wildman–Crippen MR) is 69.4 cm³/mol. The molecule has 19 heavy (non-hydrogen) atoms. The molecule has 0 saturated carbocycles. The largest absolute Gasteiger partial charge is 0.508 e. The van der Waals surface area contributed by atoms with Gasteiger partial charge in [0.1, 0.15) is 11.8 Å². The number of hydrogen-bond donors (Lipinski definition) is 2. The van der Waals surface area contributed by atoms with Crippen LogP contribution in [0.5, 0.6) is 5.75 Å². The monoisotopic (exact) mass is 283 g/mol. The van der Waals surface area contributed by atoms with Crippen LogP contribution in [0.2, 0.25) is 5.02 Å². The second kappa shape index (κ2) is 5.48. The molecule has 0 unspecified atom stereocenters. The van der Waals surface area contributed by atoms with Gasteiger partial charge < -0.3 is 15.1 Å². The van der Waals surface area contributed by atoms with E-state index in [1.165, 1.54) is 23.1 Å². The Bertz CT molecular complexity index is 517. The number of nitrogens with zero attached hydrogens (tertiary/aromatic N) is 1. The molecule has 0 aliphatic carbocycles. The number of aliphatic carboxylic acids is 1. The van der Waals surface area contributed by atoms with E-state index in [0.29, 0.717) is 13.0 Å². The van der Waals surface area contributed by atoms with Crippen molar-refractivity contribution >= 4 is 23.5 Å². The number of carboxylic acids is 1. The molecule has 0 bridgehead atoms. The highest BCUT2D eigenvalue weighted by Crippen LogP contribution is 2.26. The average molecular weight is 284 g/mol. The lowest BCUT2D eigenvalue weighted by Crippen LogP contribution is -2.48. The zero-order valence-corrected chi connectivity index (χ0v) is 10.9. The van der Waals surface area contributed by atoms with Crippen molar-refractivity contribution in [1.82, 2.24) is 4.90 Å². The molecular weight excluding hydrogens is 270 g/mol. The molecule has 5 nitrogen and oxygen atoms in total. The van der Waals surface area contributed by atoms with Crippen LogP contribution in [-0.4, -0.2) is 39.6 Å². The van der Waals surface area contributed by atoms with Crippen molar-refractivity contribution in [3.63, 3.8) is 0 Å². The summed E-state index contributed by atoms with van der Waals surface area (Å²) in [4.78, 5) is 24.8. The highest BCUT2D eigenvalue weighted by molar-refractivity contribution is 6.33. The van der Waals surface area contributed by atoms with Gasteiger partial charge in [-0.05, 0) is 37.5 Å². The lowest BCUT2D eigenvalue weighted by Gasteiger charge is -2.33. The molecule has 0 aromatic heterocycles. The van der Waals surface area contributed by atoms with E-state index in [9.17, 15) is 14.7 Å². The second-order valence-electron chi connectivity index (χ2n) is 4.51. The Morgan fingerprint density at radius 1 is 1.32 bits per heavy atom. The summed E-state index contributed by atoms with van der Waals surface area (Å²) in [6, 6.07) is 3.24. The SMILES string of the molecule is O=C(O)[C@@H]1CCCCN1C(=O)c1cc(O)ccc1Cl. The molecule has 1 heterocycles. The van der Waals surface area contributed by atoms with Gasteiger partial charge in [0.2, 0.25) is 0 Å². The number of amides is 1. The van der Waals surface area contributed by atoms with Crippen LogP contribution in [0.4, 0.5) is 0 Å². The van der Waals surface area contributed by atoms with E-state index in [0.717, 1.165) is 12.8 Å². The van der Waals surface area contributed by atoms with Crippen molar-refractivity contribution in [2.24, 2.45) is 0 Å². The number of hydrogen-bond acceptors (Lipinski definition) is 3. The highest BCUT2D eigenvalue weighted by atomic mass is 35.5. The summed E-state index contributed by atoms with van der Waals surface area (Å²) in [5.41, 5.74) is 0.134. The summed E-state index contributed by atoms with van der Waals surface area (Å²) < 4.78 is 0. The van der Waals surface area contributed by atoms with Gasteiger partial charge >= 0.3 is 5.97 Å². The molecule has 0 radical (unpaired) electrons. The quantitative estimate of drug-likeness (QED) is 0.871. The van der Waals surface area contributed by atoms with E-state index in [2.05, 4.69) is 0 Å². The summed E-state index contributed by atoms with van der Waals surface area (Å²) in [6.07, 6.45) is 2.00. The first-order valence-corrected chi connectivity index (χ1v) is 6.41. The Hall–Kier alpha value is -1.75. The summed E-state index contributed by atoms with van der Waals surface area (Å²) in [6.45, 7) is 0.391. The molecule has 6 heteroatoms. The van der Waals surface area contributed by atoms with Crippen LogP contribution >= 0.6 is 11.6 Å². The predicted octanol–water partition coefficient (Wildman–Crippen LogP) is 2.12. The number of piperidine rings is 1. The van der Waals surface area contributed by atoms with Gasteiger partial charge in [-0.1, -0.05) is 11.6 Å². The smallest absolute Gasteiger partial charge is 0.326 e. The lowest BCUT2D eigenvalue weighted by atomic mass is 10.0. The Morgan fingerprint density at radius 3 is 2.74 bits per heavy atom. The van der Waals surface area contributed by atoms with E-state index >= 15 is 0 Å². The molecule has 1 saturated heterocycles. The minimum atomic E-state index is -1.01. The fourth-order valence-corrected chi connectivity index (χ4v) is 2.46. The molecular formula is C13H14ClNO4. The number of halogens is 1. The van der Waals surface area contributed by atoms with Crippen LogP contribution in [0.1, 0.15) is 29.6 Å². The Labute approximate surface area is 115 Å². The lowest BCUT2D eigenvalue weighted by molar-refractivity contribution is -0.143. The molecule has 1 aromatic rings. The van der Waals surface area contributed by atoms with E-state index in [-0.39, 0.29) is 16.3 Å². The number of carbonyl (C=O) groups excluding carboxylic acids is 1. The maximum Gasteiger partial charge on any atom is 0.326 e. The molecule has 0 spiro atoms.